The number of para-hydroxylation sites is 1. The number of rotatable bonds is 5. The summed E-state index contributed by atoms with van der Waals surface area (Å²) in [6.07, 6.45) is 2.71. The molecule has 0 atom stereocenters. The SMILES string of the molecule is CCCNC(=O)c1ccccc1NC(=S)NC(=O)C1CC1. The molecular weight excluding hydrogens is 286 g/mol. The van der Waals surface area contributed by atoms with E-state index in [0.29, 0.717) is 17.8 Å². The predicted octanol–water partition coefficient (Wildman–Crippen LogP) is 2.05. The summed E-state index contributed by atoms with van der Waals surface area (Å²) in [5.41, 5.74) is 1.10. The van der Waals surface area contributed by atoms with Crippen LogP contribution in [-0.2, 0) is 4.79 Å². The molecule has 6 heteroatoms. The number of hydrogen-bond acceptors (Lipinski definition) is 3. The van der Waals surface area contributed by atoms with E-state index in [1.165, 1.54) is 0 Å². The highest BCUT2D eigenvalue weighted by Gasteiger charge is 2.30. The van der Waals surface area contributed by atoms with Crippen molar-refractivity contribution in [3.05, 3.63) is 29.8 Å². The van der Waals surface area contributed by atoms with Gasteiger partial charge < -0.3 is 16.0 Å². The molecule has 0 bridgehead atoms. The molecule has 0 heterocycles. The Bertz CT molecular complexity index is 556. The summed E-state index contributed by atoms with van der Waals surface area (Å²) in [5, 5.41) is 8.62. The number of benzene rings is 1. The Morgan fingerprint density at radius 3 is 2.67 bits per heavy atom. The van der Waals surface area contributed by atoms with Gasteiger partial charge in [0.2, 0.25) is 5.91 Å². The molecule has 0 saturated heterocycles. The summed E-state index contributed by atoms with van der Waals surface area (Å²) in [6, 6.07) is 7.08. The largest absolute Gasteiger partial charge is 0.352 e. The van der Waals surface area contributed by atoms with E-state index in [2.05, 4.69) is 16.0 Å². The lowest BCUT2D eigenvalue weighted by Gasteiger charge is -2.13. The Balaban J connectivity index is 2.00. The smallest absolute Gasteiger partial charge is 0.253 e. The molecule has 112 valence electrons. The fourth-order valence-electron chi connectivity index (χ4n) is 1.84. The molecule has 3 N–H and O–H groups in total. The summed E-state index contributed by atoms with van der Waals surface area (Å²) < 4.78 is 0. The van der Waals surface area contributed by atoms with Gasteiger partial charge in [-0.05, 0) is 43.6 Å². The van der Waals surface area contributed by atoms with E-state index in [-0.39, 0.29) is 22.8 Å². The molecule has 0 unspecified atom stereocenters. The normalized spacial score (nSPS) is 13.4. The van der Waals surface area contributed by atoms with Crippen LogP contribution < -0.4 is 16.0 Å². The zero-order valence-electron chi connectivity index (χ0n) is 11.9. The van der Waals surface area contributed by atoms with Crippen molar-refractivity contribution in [3.63, 3.8) is 0 Å². The molecule has 1 saturated carbocycles. The molecule has 1 fully saturated rings. The zero-order chi connectivity index (χ0) is 15.2. The van der Waals surface area contributed by atoms with Crippen LogP contribution in [0.4, 0.5) is 5.69 Å². The van der Waals surface area contributed by atoms with E-state index >= 15 is 0 Å². The van der Waals surface area contributed by atoms with Crippen molar-refractivity contribution in [3.8, 4) is 0 Å². The first-order valence-corrected chi connectivity index (χ1v) is 7.51. The van der Waals surface area contributed by atoms with Gasteiger partial charge in [0.25, 0.3) is 5.91 Å². The summed E-state index contributed by atoms with van der Waals surface area (Å²) in [4.78, 5) is 23.7. The highest BCUT2D eigenvalue weighted by atomic mass is 32.1. The van der Waals surface area contributed by atoms with Crippen molar-refractivity contribution < 1.29 is 9.59 Å². The molecule has 2 amide bonds. The Morgan fingerprint density at radius 1 is 1.29 bits per heavy atom. The molecule has 1 aliphatic carbocycles. The molecule has 1 aliphatic rings. The van der Waals surface area contributed by atoms with Gasteiger partial charge in [0.05, 0.1) is 11.3 Å². The van der Waals surface area contributed by atoms with Crippen LogP contribution in [0, 0.1) is 5.92 Å². The summed E-state index contributed by atoms with van der Waals surface area (Å²) in [7, 11) is 0. The maximum absolute atomic E-state index is 12.1. The van der Waals surface area contributed by atoms with E-state index < -0.39 is 0 Å². The van der Waals surface area contributed by atoms with E-state index in [1.807, 2.05) is 13.0 Å². The zero-order valence-corrected chi connectivity index (χ0v) is 12.8. The Morgan fingerprint density at radius 2 is 2.00 bits per heavy atom. The number of anilines is 1. The number of amides is 2. The lowest BCUT2D eigenvalue weighted by molar-refractivity contribution is -0.120. The number of carbonyl (C=O) groups excluding carboxylic acids is 2. The molecular formula is C15H19N3O2S. The Kier molecular flexibility index (Phi) is 5.27. The van der Waals surface area contributed by atoms with Gasteiger partial charge in [-0.1, -0.05) is 19.1 Å². The second-order valence-corrected chi connectivity index (χ2v) is 5.43. The van der Waals surface area contributed by atoms with Crippen LogP contribution in [0.5, 0.6) is 0 Å². The molecule has 0 aliphatic heterocycles. The average molecular weight is 305 g/mol. The van der Waals surface area contributed by atoms with Crippen LogP contribution in [0.2, 0.25) is 0 Å². The van der Waals surface area contributed by atoms with Crippen LogP contribution in [-0.4, -0.2) is 23.5 Å². The lowest BCUT2D eigenvalue weighted by Crippen LogP contribution is -2.35. The second-order valence-electron chi connectivity index (χ2n) is 5.02. The van der Waals surface area contributed by atoms with Gasteiger partial charge in [-0.3, -0.25) is 9.59 Å². The third kappa shape index (κ3) is 4.53. The minimum absolute atomic E-state index is 0.0552. The Labute approximate surface area is 129 Å². The second kappa shape index (κ2) is 7.17. The van der Waals surface area contributed by atoms with Gasteiger partial charge in [0, 0.05) is 12.5 Å². The van der Waals surface area contributed by atoms with Crippen LogP contribution in [0.15, 0.2) is 24.3 Å². The van der Waals surface area contributed by atoms with Crippen LogP contribution in [0.1, 0.15) is 36.5 Å². The number of hydrogen-bond donors (Lipinski definition) is 3. The van der Waals surface area contributed by atoms with E-state index in [0.717, 1.165) is 19.3 Å². The van der Waals surface area contributed by atoms with Gasteiger partial charge in [0.1, 0.15) is 0 Å². The first kappa shape index (κ1) is 15.4. The molecule has 1 aromatic rings. The monoisotopic (exact) mass is 305 g/mol. The molecule has 0 radical (unpaired) electrons. The maximum Gasteiger partial charge on any atom is 0.253 e. The van der Waals surface area contributed by atoms with E-state index in [4.69, 9.17) is 12.2 Å². The van der Waals surface area contributed by atoms with Gasteiger partial charge in [-0.2, -0.15) is 0 Å². The summed E-state index contributed by atoms with van der Waals surface area (Å²) in [5.74, 6) is -0.121. The fraction of sp³-hybridized carbons (Fsp3) is 0.400. The van der Waals surface area contributed by atoms with Crippen molar-refractivity contribution >= 4 is 34.8 Å². The first-order chi connectivity index (χ1) is 10.1. The number of carbonyl (C=O) groups is 2. The third-order valence-electron chi connectivity index (χ3n) is 3.14. The minimum Gasteiger partial charge on any atom is -0.352 e. The average Bonchev–Trinajstić information content (AvgIpc) is 3.29. The number of nitrogens with one attached hydrogen (secondary N) is 3. The molecule has 2 rings (SSSR count). The quantitative estimate of drug-likeness (QED) is 0.728. The van der Waals surface area contributed by atoms with Crippen LogP contribution >= 0.6 is 12.2 Å². The standard InChI is InChI=1S/C15H19N3O2S/c1-2-9-16-14(20)11-5-3-4-6-12(11)17-15(21)18-13(19)10-7-8-10/h3-6,10H,2,7-9H2,1H3,(H,16,20)(H2,17,18,19,21). The highest BCUT2D eigenvalue weighted by molar-refractivity contribution is 7.80. The van der Waals surface area contributed by atoms with Gasteiger partial charge in [0.15, 0.2) is 5.11 Å². The van der Waals surface area contributed by atoms with Crippen LogP contribution in [0.3, 0.4) is 0 Å². The molecule has 0 aromatic heterocycles. The fourth-order valence-corrected chi connectivity index (χ4v) is 2.05. The Hall–Kier alpha value is -1.95. The van der Waals surface area contributed by atoms with Crippen molar-refractivity contribution in [1.29, 1.82) is 0 Å². The first-order valence-electron chi connectivity index (χ1n) is 7.11. The predicted molar refractivity (Wildman–Crippen MR) is 86.2 cm³/mol. The van der Waals surface area contributed by atoms with Crippen molar-refractivity contribution in [2.24, 2.45) is 5.92 Å². The van der Waals surface area contributed by atoms with Crippen molar-refractivity contribution in [2.75, 3.05) is 11.9 Å². The van der Waals surface area contributed by atoms with Crippen molar-refractivity contribution in [2.45, 2.75) is 26.2 Å². The number of thiocarbonyl (C=S) groups is 1. The molecule has 1 aromatic carbocycles. The summed E-state index contributed by atoms with van der Waals surface area (Å²) in [6.45, 7) is 2.61. The topological polar surface area (TPSA) is 70.2 Å². The lowest BCUT2D eigenvalue weighted by atomic mass is 10.1. The van der Waals surface area contributed by atoms with E-state index in [1.54, 1.807) is 18.2 Å². The van der Waals surface area contributed by atoms with Crippen LogP contribution in [0.25, 0.3) is 0 Å². The minimum atomic E-state index is -0.156. The third-order valence-corrected chi connectivity index (χ3v) is 3.34. The van der Waals surface area contributed by atoms with Gasteiger partial charge in [-0.25, -0.2) is 0 Å². The molecule has 5 nitrogen and oxygen atoms in total. The molecule has 21 heavy (non-hydrogen) atoms. The highest BCUT2D eigenvalue weighted by Crippen LogP contribution is 2.28. The van der Waals surface area contributed by atoms with Crippen molar-refractivity contribution in [1.82, 2.24) is 10.6 Å². The summed E-state index contributed by atoms with van der Waals surface area (Å²) >= 11 is 5.12. The maximum atomic E-state index is 12.1. The van der Waals surface area contributed by atoms with E-state index in [9.17, 15) is 9.59 Å². The van der Waals surface area contributed by atoms with Gasteiger partial charge in [-0.15, -0.1) is 0 Å². The van der Waals surface area contributed by atoms with Gasteiger partial charge >= 0.3 is 0 Å². The molecule has 0 spiro atoms.